The highest BCUT2D eigenvalue weighted by atomic mass is 14.9. The van der Waals surface area contributed by atoms with E-state index in [1.54, 1.807) is 0 Å². The molecule has 9 rings (SSSR count). The van der Waals surface area contributed by atoms with Crippen LogP contribution in [0.25, 0.3) is 88.6 Å². The molecule has 5 nitrogen and oxygen atoms in total. The molecule has 0 spiro atoms. The lowest BCUT2D eigenvalue weighted by molar-refractivity contribution is 1.18. The summed E-state index contributed by atoms with van der Waals surface area (Å²) in [6, 6.07) is 47.7. The van der Waals surface area contributed by atoms with E-state index in [2.05, 4.69) is 102 Å². The molecule has 5 heteroatoms. The maximum Gasteiger partial charge on any atom is 0.160 e. The number of nitrogens with zero attached hydrogens (tertiary/aromatic N) is 5. The first-order chi connectivity index (χ1) is 22.8. The number of benzene rings is 5. The van der Waals surface area contributed by atoms with E-state index in [1.807, 2.05) is 54.9 Å². The Morgan fingerprint density at radius 1 is 0.370 bits per heavy atom. The lowest BCUT2D eigenvalue weighted by Gasteiger charge is -2.13. The van der Waals surface area contributed by atoms with Crippen LogP contribution >= 0.6 is 0 Å². The van der Waals surface area contributed by atoms with Gasteiger partial charge >= 0.3 is 0 Å². The van der Waals surface area contributed by atoms with Gasteiger partial charge in [-0.15, -0.1) is 0 Å². The molecule has 0 unspecified atom stereocenters. The molecule has 4 heterocycles. The maximum atomic E-state index is 5.32. The van der Waals surface area contributed by atoms with Crippen molar-refractivity contribution in [2.45, 2.75) is 0 Å². The van der Waals surface area contributed by atoms with Gasteiger partial charge < -0.3 is 0 Å². The molecule has 0 saturated carbocycles. The summed E-state index contributed by atoms with van der Waals surface area (Å²) in [6.07, 6.45) is 3.76. The van der Waals surface area contributed by atoms with Crippen LogP contribution in [-0.2, 0) is 0 Å². The van der Waals surface area contributed by atoms with Crippen LogP contribution in [0.4, 0.5) is 0 Å². The minimum absolute atomic E-state index is 0.680. The molecule has 0 aliphatic rings. The van der Waals surface area contributed by atoms with Gasteiger partial charge in [-0.2, -0.15) is 0 Å². The van der Waals surface area contributed by atoms with Gasteiger partial charge in [0.15, 0.2) is 5.82 Å². The Bertz CT molecular complexity index is 2510. The first kappa shape index (κ1) is 26.1. The molecule has 0 N–H and O–H groups in total. The van der Waals surface area contributed by atoms with E-state index in [4.69, 9.17) is 19.9 Å². The van der Waals surface area contributed by atoms with Crippen molar-refractivity contribution in [3.8, 4) is 45.2 Å². The molecular weight excluding hydrogens is 562 g/mol. The van der Waals surface area contributed by atoms with Crippen LogP contribution in [0.3, 0.4) is 0 Å². The van der Waals surface area contributed by atoms with Crippen molar-refractivity contribution < 1.29 is 0 Å². The summed E-state index contributed by atoms with van der Waals surface area (Å²) in [6.45, 7) is 0. The highest BCUT2D eigenvalue weighted by molar-refractivity contribution is 6.20. The number of pyridine rings is 3. The molecule has 0 radical (unpaired) electrons. The van der Waals surface area contributed by atoms with Gasteiger partial charge in [-0.1, -0.05) is 121 Å². The van der Waals surface area contributed by atoms with Gasteiger partial charge in [0.2, 0.25) is 0 Å². The predicted molar refractivity (Wildman–Crippen MR) is 187 cm³/mol. The van der Waals surface area contributed by atoms with Crippen molar-refractivity contribution in [2.24, 2.45) is 0 Å². The first-order valence-electron chi connectivity index (χ1n) is 15.3. The van der Waals surface area contributed by atoms with Crippen molar-refractivity contribution in [1.82, 2.24) is 24.9 Å². The van der Waals surface area contributed by atoms with Gasteiger partial charge in [-0.3, -0.25) is 9.97 Å². The largest absolute Gasteiger partial charge is 0.254 e. The number of rotatable bonds is 4. The molecular formula is C41H25N5. The summed E-state index contributed by atoms with van der Waals surface area (Å²) in [5, 5.41) is 5.28. The van der Waals surface area contributed by atoms with E-state index in [0.29, 0.717) is 5.82 Å². The summed E-state index contributed by atoms with van der Waals surface area (Å²) in [5.74, 6) is 0.680. The molecule has 9 aromatic rings. The Kier molecular flexibility index (Phi) is 6.06. The van der Waals surface area contributed by atoms with E-state index < -0.39 is 0 Å². The predicted octanol–water partition coefficient (Wildman–Crippen LogP) is 9.94. The second-order valence-corrected chi connectivity index (χ2v) is 11.3. The molecule has 0 bridgehead atoms. The van der Waals surface area contributed by atoms with Crippen molar-refractivity contribution in [3.63, 3.8) is 0 Å². The van der Waals surface area contributed by atoms with Crippen LogP contribution < -0.4 is 0 Å². The quantitative estimate of drug-likeness (QED) is 0.192. The number of fused-ring (bicyclic) bond motifs is 7. The van der Waals surface area contributed by atoms with Crippen LogP contribution in [0.5, 0.6) is 0 Å². The van der Waals surface area contributed by atoms with E-state index in [0.717, 1.165) is 82.8 Å². The van der Waals surface area contributed by atoms with Crippen molar-refractivity contribution in [3.05, 3.63) is 152 Å². The van der Waals surface area contributed by atoms with E-state index in [9.17, 15) is 0 Å². The molecule has 46 heavy (non-hydrogen) atoms. The third-order valence-electron chi connectivity index (χ3n) is 8.56. The Labute approximate surface area is 264 Å². The Morgan fingerprint density at radius 3 is 1.74 bits per heavy atom. The summed E-state index contributed by atoms with van der Waals surface area (Å²) < 4.78 is 0. The standard InChI is InChI=1S/C41H25N5/c1-3-10-26(11-4-1)35-24-36(27-12-5-2-6-13-27)45-41(44-35)30-19-17-29(18-20-30)37-32-16-8-7-15-31(32)34-25-43-40-33(39(34)46-37)22-21-28-14-9-23-42-38(28)40/h1-25H. The van der Waals surface area contributed by atoms with Crippen molar-refractivity contribution >= 4 is 43.5 Å². The summed E-state index contributed by atoms with van der Waals surface area (Å²) >= 11 is 0. The minimum atomic E-state index is 0.680. The number of aromatic nitrogens is 5. The number of hydrogen-bond donors (Lipinski definition) is 0. The molecule has 0 fully saturated rings. The smallest absolute Gasteiger partial charge is 0.160 e. The Hall–Kier alpha value is -6.33. The molecule has 4 aromatic heterocycles. The molecule has 0 aliphatic heterocycles. The van der Waals surface area contributed by atoms with Gasteiger partial charge in [0.25, 0.3) is 0 Å². The molecule has 0 saturated heterocycles. The summed E-state index contributed by atoms with van der Waals surface area (Å²) in [4.78, 5) is 24.9. The lowest BCUT2D eigenvalue weighted by Crippen LogP contribution is -1.96. The van der Waals surface area contributed by atoms with Crippen LogP contribution in [0.2, 0.25) is 0 Å². The number of hydrogen-bond acceptors (Lipinski definition) is 5. The van der Waals surface area contributed by atoms with Crippen LogP contribution in [0, 0.1) is 0 Å². The average molecular weight is 588 g/mol. The Balaban J connectivity index is 1.21. The second kappa shape index (κ2) is 10.7. The molecule has 214 valence electrons. The zero-order chi connectivity index (χ0) is 30.5. The first-order valence-corrected chi connectivity index (χ1v) is 15.3. The van der Waals surface area contributed by atoms with Gasteiger partial charge in [0.1, 0.15) is 0 Å². The SMILES string of the molecule is c1ccc(-c2cc(-c3ccccc3)nc(-c3ccc(-c4nc5c(cnc6c5ccc5cccnc56)c5ccccc45)cc3)n2)cc1. The fraction of sp³-hybridized carbons (Fsp3) is 0. The molecule has 0 aliphatic carbocycles. The normalized spacial score (nSPS) is 11.5. The van der Waals surface area contributed by atoms with Gasteiger partial charge in [0, 0.05) is 56.2 Å². The fourth-order valence-corrected chi connectivity index (χ4v) is 6.29. The van der Waals surface area contributed by atoms with Crippen LogP contribution in [0.15, 0.2) is 152 Å². The van der Waals surface area contributed by atoms with Crippen molar-refractivity contribution in [1.29, 1.82) is 0 Å². The van der Waals surface area contributed by atoms with Gasteiger partial charge in [0.05, 0.1) is 33.6 Å². The lowest BCUT2D eigenvalue weighted by atomic mass is 9.98. The summed E-state index contributed by atoms with van der Waals surface area (Å²) in [5.41, 5.74) is 9.43. The van der Waals surface area contributed by atoms with Crippen LogP contribution in [0.1, 0.15) is 0 Å². The van der Waals surface area contributed by atoms with Gasteiger partial charge in [-0.25, -0.2) is 15.0 Å². The minimum Gasteiger partial charge on any atom is -0.254 e. The third-order valence-corrected chi connectivity index (χ3v) is 8.56. The fourth-order valence-electron chi connectivity index (χ4n) is 6.29. The van der Waals surface area contributed by atoms with Gasteiger partial charge in [-0.05, 0) is 23.6 Å². The molecule has 0 atom stereocenters. The van der Waals surface area contributed by atoms with E-state index >= 15 is 0 Å². The average Bonchev–Trinajstić information content (AvgIpc) is 3.14. The third kappa shape index (κ3) is 4.37. The zero-order valence-corrected chi connectivity index (χ0v) is 24.7. The molecule has 5 aromatic carbocycles. The highest BCUT2D eigenvalue weighted by Crippen LogP contribution is 2.37. The second-order valence-electron chi connectivity index (χ2n) is 11.3. The topological polar surface area (TPSA) is 64.5 Å². The van der Waals surface area contributed by atoms with Crippen LogP contribution in [-0.4, -0.2) is 24.9 Å². The monoisotopic (exact) mass is 587 g/mol. The van der Waals surface area contributed by atoms with E-state index in [1.165, 1.54) is 0 Å². The Morgan fingerprint density at radius 2 is 1.02 bits per heavy atom. The zero-order valence-electron chi connectivity index (χ0n) is 24.7. The van der Waals surface area contributed by atoms with Crippen molar-refractivity contribution in [2.75, 3.05) is 0 Å². The summed E-state index contributed by atoms with van der Waals surface area (Å²) in [7, 11) is 0. The highest BCUT2D eigenvalue weighted by Gasteiger charge is 2.16. The molecule has 0 amide bonds. The van der Waals surface area contributed by atoms with E-state index in [-0.39, 0.29) is 0 Å². The maximum absolute atomic E-state index is 5.32.